The molecule has 0 saturated carbocycles. The number of carbonyl (C=O) groups excluding carboxylic acids is 10. The van der Waals surface area contributed by atoms with Crippen LogP contribution in [0.2, 0.25) is 0 Å². The normalized spacial score (nSPS) is 13.6. The number of hydrogen-bond donors (Lipinski definition) is 10. The maximum Gasteiger partial charge on any atom is 0.407 e. The van der Waals surface area contributed by atoms with Crippen molar-refractivity contribution in [1.29, 1.82) is 0 Å². The molecule has 0 aliphatic carbocycles. The topological polar surface area (TPSA) is 345 Å². The second-order valence-corrected chi connectivity index (χ2v) is 33.1. The first-order valence-corrected chi connectivity index (χ1v) is 33.2. The van der Waals surface area contributed by atoms with Gasteiger partial charge in [0.05, 0.1) is 43.0 Å². The van der Waals surface area contributed by atoms with Crippen LogP contribution in [0.3, 0.4) is 0 Å². The van der Waals surface area contributed by atoms with E-state index in [0.717, 1.165) is 12.1 Å². The van der Waals surface area contributed by atoms with Crippen LogP contribution in [0, 0.1) is 34.5 Å². The first-order valence-electron chi connectivity index (χ1n) is 33.2. The molecule has 1 rings (SSSR count). The van der Waals surface area contributed by atoms with Gasteiger partial charge in [0.25, 0.3) is 0 Å². The van der Waals surface area contributed by atoms with Crippen LogP contribution in [0.15, 0.2) is 6.20 Å². The molecule has 0 spiro atoms. The van der Waals surface area contributed by atoms with E-state index in [2.05, 4.69) is 114 Å². The number of nitrogens with one attached hydrogen (secondary N) is 9. The zero-order valence-electron chi connectivity index (χ0n) is 63.4. The molecular weight excluding hydrogens is 1190 g/mol. The molecule has 540 valence electrons. The number of hydrogen-bond acceptors (Lipinski definition) is 16. The Kier molecular flexibility index (Phi) is 40.4. The highest BCUT2D eigenvalue weighted by molar-refractivity contribution is 5.94. The van der Waals surface area contributed by atoms with Crippen molar-refractivity contribution in [3.8, 4) is 0 Å². The lowest BCUT2D eigenvalue weighted by atomic mass is 9.77. The van der Waals surface area contributed by atoms with Gasteiger partial charge in [-0.25, -0.2) is 14.3 Å². The van der Waals surface area contributed by atoms with Crippen molar-refractivity contribution in [3.05, 3.63) is 11.9 Å². The van der Waals surface area contributed by atoms with Crippen molar-refractivity contribution in [3.63, 3.8) is 0 Å². The van der Waals surface area contributed by atoms with E-state index in [0.29, 0.717) is 44.7 Å². The Morgan fingerprint density at radius 1 is 0.527 bits per heavy atom. The monoisotopic (exact) mass is 1320 g/mol. The van der Waals surface area contributed by atoms with E-state index in [1.807, 2.05) is 129 Å². The third-order valence-corrected chi connectivity index (χ3v) is 13.3. The number of urea groups is 1. The number of primary amides is 1. The minimum absolute atomic E-state index is 0.0243. The lowest BCUT2D eigenvalue weighted by Gasteiger charge is -2.32. The number of ether oxygens (including phenoxy) is 1. The van der Waals surface area contributed by atoms with Crippen LogP contribution in [0.5, 0.6) is 0 Å². The van der Waals surface area contributed by atoms with Gasteiger partial charge in [0.1, 0.15) is 23.0 Å². The first kappa shape index (κ1) is 91.3. The van der Waals surface area contributed by atoms with Gasteiger partial charge in [-0.3, -0.25) is 38.4 Å². The predicted molar refractivity (Wildman–Crippen MR) is 372 cm³/mol. The summed E-state index contributed by atoms with van der Waals surface area (Å²) in [5.41, 5.74) is 4.12. The molecule has 0 aliphatic heterocycles. The van der Waals surface area contributed by atoms with E-state index in [1.165, 1.54) is 6.92 Å². The van der Waals surface area contributed by atoms with Gasteiger partial charge in [-0.05, 0) is 148 Å². The minimum atomic E-state index is -0.587. The Labute approximate surface area is 561 Å². The maximum absolute atomic E-state index is 13.0. The zero-order chi connectivity index (χ0) is 73.5. The number of nitrogens with zero attached hydrogens (tertiary/aromatic N) is 3. The Hall–Kier alpha value is -5.88. The summed E-state index contributed by atoms with van der Waals surface area (Å²) < 4.78 is 6.96. The molecule has 24 nitrogen and oxygen atoms in total. The number of amides is 7. The van der Waals surface area contributed by atoms with Gasteiger partial charge in [0.15, 0.2) is 5.78 Å². The van der Waals surface area contributed by atoms with Crippen molar-refractivity contribution < 1.29 is 52.7 Å². The van der Waals surface area contributed by atoms with E-state index in [4.69, 9.17) is 10.5 Å². The molecule has 1 aromatic rings. The number of rotatable bonds is 30. The van der Waals surface area contributed by atoms with Crippen LogP contribution in [-0.4, -0.2) is 154 Å². The molecule has 1 heterocycles. The highest BCUT2D eigenvalue weighted by Crippen LogP contribution is 2.29. The molecule has 0 aliphatic rings. The average Bonchev–Trinajstić information content (AvgIpc) is 1.81. The standard InChI is InChI=1S/C21H41N3O3.C21H40N2O3.C17H33N5O5.C10H19N3/c1-14(2)12-16(24-21(6,7)8)17(25)13-15(18(26)20(3,4)5)10-9-11-23-19(22)27;1-14(2)18(23-21(7,8)9)17(25)13-16(19(26)20(4,5)6)11-10-12-22-15(3)24;1-16(2,3)22-11-14(25)21-10-13(24)20-9-12(23)18-7-8-19-15(26)27-17(4,5)6;1-9(2,3)8-7-13(12-11-8)10(4,5)6/h14-16,24H,9-13H2,1-8H3,(H3,22,23,27);14,16,18,23H,10-13H2,1-9H3,(H,22,24);22H,7-11H2,1-6H3,(H,18,23)(H,19,26)(H,20,24)(H,21,25);7H,1-6H3. The molecule has 11 N–H and O–H groups in total. The van der Waals surface area contributed by atoms with Crippen molar-refractivity contribution in [2.75, 3.05) is 45.8 Å². The van der Waals surface area contributed by atoms with Gasteiger partial charge in [0, 0.05) is 96.8 Å². The highest BCUT2D eigenvalue weighted by Gasteiger charge is 2.36. The third-order valence-electron chi connectivity index (χ3n) is 13.3. The number of ketones is 4. The van der Waals surface area contributed by atoms with Crippen LogP contribution in [0.25, 0.3) is 0 Å². The first-order chi connectivity index (χ1) is 41.8. The number of Topliss-reactive ketones (excluding diaryl/α,β-unsaturated/α-hetero) is 4. The van der Waals surface area contributed by atoms with Crippen LogP contribution >= 0.6 is 0 Å². The van der Waals surface area contributed by atoms with Crippen LogP contribution in [0.1, 0.15) is 251 Å². The molecule has 24 heteroatoms. The molecular formula is C69H133N13O11. The zero-order valence-corrected chi connectivity index (χ0v) is 63.4. The Balaban J connectivity index is -0.00000119. The van der Waals surface area contributed by atoms with Crippen molar-refractivity contribution >= 4 is 58.9 Å². The van der Waals surface area contributed by atoms with E-state index < -0.39 is 40.4 Å². The molecule has 7 amide bonds. The summed E-state index contributed by atoms with van der Waals surface area (Å²) in [5.74, 6) is -0.982. The van der Waals surface area contributed by atoms with E-state index in [-0.39, 0.29) is 138 Å². The largest absolute Gasteiger partial charge is 0.444 e. The number of aromatic nitrogens is 3. The van der Waals surface area contributed by atoms with Crippen LogP contribution in [-0.2, 0) is 54.0 Å². The van der Waals surface area contributed by atoms with Crippen molar-refractivity contribution in [2.24, 2.45) is 40.2 Å². The Bertz CT molecular complexity index is 2440. The summed E-state index contributed by atoms with van der Waals surface area (Å²) >= 11 is 0. The highest BCUT2D eigenvalue weighted by atomic mass is 16.6. The van der Waals surface area contributed by atoms with Gasteiger partial charge in [-0.2, -0.15) is 0 Å². The van der Waals surface area contributed by atoms with E-state index >= 15 is 0 Å². The van der Waals surface area contributed by atoms with Gasteiger partial charge in [-0.15, -0.1) is 5.10 Å². The van der Waals surface area contributed by atoms with Crippen molar-refractivity contribution in [1.82, 2.24) is 62.8 Å². The average molecular weight is 1320 g/mol. The van der Waals surface area contributed by atoms with E-state index in [1.54, 1.807) is 20.8 Å². The van der Waals surface area contributed by atoms with Gasteiger partial charge < -0.3 is 58.3 Å². The SMILES string of the molecule is CC(=O)NCCCC(CC(=O)C(NC(C)(C)C)C(C)C)C(=O)C(C)(C)C.CC(C)(C)NCC(=O)NCC(=O)NCC(=O)NCCNC(=O)OC(C)(C)C.CC(C)(C)c1cn(C(C)(C)C)nn1.CC(C)CC(NC(C)(C)C)C(=O)CC(CCCNC(N)=O)C(=O)C(C)(C)C. The second kappa shape index (κ2) is 41.2. The number of alkyl carbamates (subject to hydrolysis) is 1. The Morgan fingerprint density at radius 2 is 0.957 bits per heavy atom. The third kappa shape index (κ3) is 49.4. The molecule has 4 atom stereocenters. The fraction of sp³-hybridized carbons (Fsp3) is 0.826. The smallest absolute Gasteiger partial charge is 0.407 e. The van der Waals surface area contributed by atoms with Crippen LogP contribution < -0.4 is 53.6 Å². The quantitative estimate of drug-likeness (QED) is 0.0323. The molecule has 1 aromatic heterocycles. The molecule has 93 heavy (non-hydrogen) atoms. The maximum atomic E-state index is 13.0. The minimum Gasteiger partial charge on any atom is -0.444 e. The fourth-order valence-corrected chi connectivity index (χ4v) is 8.66. The summed E-state index contributed by atoms with van der Waals surface area (Å²) in [6.45, 7) is 58.1. The van der Waals surface area contributed by atoms with Gasteiger partial charge in [-0.1, -0.05) is 95.2 Å². The summed E-state index contributed by atoms with van der Waals surface area (Å²) in [7, 11) is 0. The van der Waals surface area contributed by atoms with Crippen LogP contribution in [0.4, 0.5) is 9.59 Å². The fourth-order valence-electron chi connectivity index (χ4n) is 8.66. The predicted octanol–water partition coefficient (Wildman–Crippen LogP) is 8.51. The molecule has 0 saturated heterocycles. The molecule has 0 radical (unpaired) electrons. The summed E-state index contributed by atoms with van der Waals surface area (Å²) in [6, 6.07) is -1.10. The Morgan fingerprint density at radius 3 is 1.31 bits per heavy atom. The lowest BCUT2D eigenvalue weighted by Crippen LogP contribution is -2.51. The summed E-state index contributed by atoms with van der Waals surface area (Å²) in [6.07, 6.45) is 5.17. The molecule has 0 fully saturated rings. The summed E-state index contributed by atoms with van der Waals surface area (Å²) in [5, 5.41) is 33.3. The van der Waals surface area contributed by atoms with E-state index in [9.17, 15) is 47.9 Å². The lowest BCUT2D eigenvalue weighted by molar-refractivity contribution is -0.134. The number of carbonyl (C=O) groups is 10. The van der Waals surface area contributed by atoms with Gasteiger partial charge in [0.2, 0.25) is 23.6 Å². The molecule has 4 unspecified atom stereocenters. The molecule has 0 bridgehead atoms. The summed E-state index contributed by atoms with van der Waals surface area (Å²) in [4.78, 5) is 120. The number of nitrogens with two attached hydrogens (primary N) is 1. The van der Waals surface area contributed by atoms with Gasteiger partial charge >= 0.3 is 12.1 Å². The molecule has 0 aromatic carbocycles. The second-order valence-electron chi connectivity index (χ2n) is 33.1. The van der Waals surface area contributed by atoms with Crippen molar-refractivity contribution in [2.45, 2.75) is 291 Å².